The molecule has 0 saturated heterocycles. The van der Waals surface area contributed by atoms with Crippen molar-refractivity contribution in [3.05, 3.63) is 0 Å². The van der Waals surface area contributed by atoms with Crippen LogP contribution in [0.2, 0.25) is 0 Å². The van der Waals surface area contributed by atoms with Gasteiger partial charge in [-0.3, -0.25) is 0 Å². The van der Waals surface area contributed by atoms with Crippen LogP contribution in [0.3, 0.4) is 0 Å². The van der Waals surface area contributed by atoms with Crippen LogP contribution in [0.1, 0.15) is 13.3 Å². The molecule has 5 heavy (non-hydrogen) atoms. The summed E-state index contributed by atoms with van der Waals surface area (Å²) in [5.74, 6) is 0. The predicted octanol–water partition coefficient (Wildman–Crippen LogP) is -0.0257. The van der Waals surface area contributed by atoms with Crippen molar-refractivity contribution >= 4 is 51.4 Å². The first-order valence-corrected chi connectivity index (χ1v) is 1.62. The zero-order valence-electron chi connectivity index (χ0n) is 3.99. The molecule has 0 unspecified atom stereocenters. The summed E-state index contributed by atoms with van der Waals surface area (Å²) in [6.45, 7) is 2.88. The Hall–Kier alpha value is 1.60. The predicted molar refractivity (Wildman–Crippen MR) is 25.1 cm³/mol. The fourth-order valence-corrected chi connectivity index (χ4v) is 0. The Bertz CT molecular complexity index is 8.85. The second-order valence-corrected chi connectivity index (χ2v) is 0.789. The van der Waals surface area contributed by atoms with Gasteiger partial charge in [-0.1, -0.05) is 6.92 Å². The van der Waals surface area contributed by atoms with Crippen LogP contribution >= 0.6 is 0 Å². The molecule has 1 radical (unpaired) electrons. The second kappa shape index (κ2) is 9.14. The summed E-state index contributed by atoms with van der Waals surface area (Å²) in [4.78, 5) is 0. The molecule has 0 heterocycles. The molecule has 0 aliphatic carbocycles. The van der Waals surface area contributed by atoms with Crippen molar-refractivity contribution in [1.82, 2.24) is 0 Å². The first-order chi connectivity index (χ1) is 1.91. The van der Waals surface area contributed by atoms with E-state index in [4.69, 9.17) is 5.73 Å². The van der Waals surface area contributed by atoms with Crippen LogP contribution in [0.15, 0.2) is 0 Å². The van der Waals surface area contributed by atoms with Crippen molar-refractivity contribution in [2.75, 3.05) is 6.54 Å². The fourth-order valence-electron chi connectivity index (χ4n) is 0. The third kappa shape index (κ3) is 10.7. The summed E-state index contributed by atoms with van der Waals surface area (Å²) in [5.41, 5.74) is 5.03. The van der Waals surface area contributed by atoms with E-state index < -0.39 is 0 Å². The smallest absolute Gasteiger partial charge is 0 e. The molecule has 0 fully saturated rings. The SMILES string of the molecule is CCCN.[K]. The van der Waals surface area contributed by atoms with Gasteiger partial charge in [0.05, 0.1) is 0 Å². The van der Waals surface area contributed by atoms with Gasteiger partial charge in [-0.05, 0) is 13.0 Å². The third-order valence-electron chi connectivity index (χ3n) is 0.289. The van der Waals surface area contributed by atoms with Crippen molar-refractivity contribution in [1.29, 1.82) is 0 Å². The van der Waals surface area contributed by atoms with Gasteiger partial charge < -0.3 is 5.73 Å². The van der Waals surface area contributed by atoms with Crippen molar-refractivity contribution < 1.29 is 0 Å². The molecular weight excluding hydrogens is 89.1 g/mol. The summed E-state index contributed by atoms with van der Waals surface area (Å²) >= 11 is 0. The van der Waals surface area contributed by atoms with Gasteiger partial charge in [0.15, 0.2) is 0 Å². The summed E-state index contributed by atoms with van der Waals surface area (Å²) in [6.07, 6.45) is 1.10. The van der Waals surface area contributed by atoms with Crippen molar-refractivity contribution in [3.8, 4) is 0 Å². The van der Waals surface area contributed by atoms with Gasteiger partial charge in [0.1, 0.15) is 0 Å². The van der Waals surface area contributed by atoms with E-state index in [1.165, 1.54) is 0 Å². The second-order valence-electron chi connectivity index (χ2n) is 0.789. The number of nitrogens with two attached hydrogens (primary N) is 1. The van der Waals surface area contributed by atoms with Crippen LogP contribution in [-0.2, 0) is 0 Å². The maximum Gasteiger partial charge on any atom is 0 e. The van der Waals surface area contributed by atoms with E-state index >= 15 is 0 Å². The van der Waals surface area contributed by atoms with E-state index in [1.807, 2.05) is 0 Å². The molecule has 0 rings (SSSR count). The summed E-state index contributed by atoms with van der Waals surface area (Å²) in [5, 5.41) is 0. The van der Waals surface area contributed by atoms with Crippen LogP contribution in [0.4, 0.5) is 0 Å². The minimum absolute atomic E-state index is 0. The zero-order chi connectivity index (χ0) is 3.41. The molecule has 0 aromatic rings. The quantitative estimate of drug-likeness (QED) is 0.458. The largest absolute Gasteiger partial charge is 0.330 e. The Morgan fingerprint density at radius 1 is 1.60 bits per heavy atom. The van der Waals surface area contributed by atoms with E-state index in [-0.39, 0.29) is 51.4 Å². The standard InChI is InChI=1S/C3H9N.K/c1-2-3-4;/h2-4H2,1H3;. The van der Waals surface area contributed by atoms with E-state index in [0.717, 1.165) is 13.0 Å². The molecule has 0 amide bonds. The molecule has 1 nitrogen and oxygen atoms in total. The van der Waals surface area contributed by atoms with Crippen LogP contribution in [0.25, 0.3) is 0 Å². The van der Waals surface area contributed by atoms with Crippen molar-refractivity contribution in [2.45, 2.75) is 13.3 Å². The number of hydrogen-bond acceptors (Lipinski definition) is 1. The van der Waals surface area contributed by atoms with Crippen LogP contribution in [-0.4, -0.2) is 57.9 Å². The molecule has 0 aromatic carbocycles. The van der Waals surface area contributed by atoms with Crippen molar-refractivity contribution in [2.24, 2.45) is 5.73 Å². The summed E-state index contributed by atoms with van der Waals surface area (Å²) in [7, 11) is 0. The number of hydrogen-bond donors (Lipinski definition) is 1. The van der Waals surface area contributed by atoms with Gasteiger partial charge in [-0.25, -0.2) is 0 Å². The number of rotatable bonds is 1. The van der Waals surface area contributed by atoms with Gasteiger partial charge in [0.25, 0.3) is 0 Å². The monoisotopic (exact) mass is 98.0 g/mol. The van der Waals surface area contributed by atoms with E-state index in [2.05, 4.69) is 6.92 Å². The Labute approximate surface area is 75.7 Å². The van der Waals surface area contributed by atoms with E-state index in [0.29, 0.717) is 0 Å². The van der Waals surface area contributed by atoms with Gasteiger partial charge >= 0.3 is 0 Å². The minimum atomic E-state index is 0. The first-order valence-electron chi connectivity index (χ1n) is 1.62. The molecule has 2 N–H and O–H groups in total. The molecular formula is C3H9KN. The third-order valence-corrected chi connectivity index (χ3v) is 0.289. The molecule has 0 atom stereocenters. The van der Waals surface area contributed by atoms with Gasteiger partial charge in [0, 0.05) is 51.4 Å². The maximum atomic E-state index is 5.03. The molecule has 0 aromatic heterocycles. The molecule has 0 spiro atoms. The Kier molecular flexibility index (Phi) is 17.9. The normalized spacial score (nSPS) is 6.00. The maximum absolute atomic E-state index is 5.03. The first kappa shape index (κ1) is 9.78. The van der Waals surface area contributed by atoms with Gasteiger partial charge in [0.2, 0.25) is 0 Å². The minimum Gasteiger partial charge on any atom is -0.330 e. The average Bonchev–Trinajstić information content (AvgIpc) is 1.37. The summed E-state index contributed by atoms with van der Waals surface area (Å²) in [6, 6.07) is 0. The molecule has 0 aliphatic heterocycles. The molecule has 0 aliphatic rings. The van der Waals surface area contributed by atoms with Crippen LogP contribution in [0, 0.1) is 0 Å². The van der Waals surface area contributed by atoms with Crippen LogP contribution in [0.5, 0.6) is 0 Å². The Morgan fingerprint density at radius 2 is 1.80 bits per heavy atom. The summed E-state index contributed by atoms with van der Waals surface area (Å²) < 4.78 is 0. The van der Waals surface area contributed by atoms with E-state index in [9.17, 15) is 0 Å². The van der Waals surface area contributed by atoms with Crippen molar-refractivity contribution in [3.63, 3.8) is 0 Å². The Morgan fingerprint density at radius 3 is 1.80 bits per heavy atom. The topological polar surface area (TPSA) is 26.0 Å². The molecule has 0 saturated carbocycles. The Balaban J connectivity index is 0. The van der Waals surface area contributed by atoms with Gasteiger partial charge in [-0.2, -0.15) is 0 Å². The van der Waals surface area contributed by atoms with Gasteiger partial charge in [-0.15, -0.1) is 0 Å². The van der Waals surface area contributed by atoms with Crippen LogP contribution < -0.4 is 5.73 Å². The molecule has 27 valence electrons. The average molecular weight is 98.2 g/mol. The zero-order valence-corrected chi connectivity index (χ0v) is 7.11. The van der Waals surface area contributed by atoms with E-state index in [1.54, 1.807) is 0 Å². The molecule has 0 bridgehead atoms. The molecule has 2 heteroatoms. The fraction of sp³-hybridized carbons (Fsp3) is 1.00.